The Kier molecular flexibility index (Phi) is 9.45. The highest BCUT2D eigenvalue weighted by molar-refractivity contribution is 6.99. The van der Waals surface area contributed by atoms with Crippen molar-refractivity contribution in [3.05, 3.63) is 95.8 Å². The summed E-state index contributed by atoms with van der Waals surface area (Å²) in [7, 11) is -2.91. The molecule has 0 aromatic heterocycles. The van der Waals surface area contributed by atoms with E-state index in [2.05, 4.69) is 50.4 Å². The molecule has 1 N–H and O–H groups in total. The normalized spacial score (nSPS) is 22.1. The van der Waals surface area contributed by atoms with Gasteiger partial charge in [0.2, 0.25) is 5.91 Å². The summed E-state index contributed by atoms with van der Waals surface area (Å²) in [5.41, 5.74) is -1.03. The van der Waals surface area contributed by atoms with E-state index in [1.54, 1.807) is 9.80 Å². The number of likely N-dealkylation sites (tertiary alicyclic amines) is 2. The van der Waals surface area contributed by atoms with Gasteiger partial charge in [-0.25, -0.2) is 9.18 Å². The monoisotopic (exact) mass is 683 g/mol. The van der Waals surface area contributed by atoms with Crippen LogP contribution in [0, 0.1) is 11.7 Å². The summed E-state index contributed by atoms with van der Waals surface area (Å²) in [5, 5.41) is 5.18. The summed E-state index contributed by atoms with van der Waals surface area (Å²) >= 11 is 0. The molecule has 3 aliphatic rings. The third kappa shape index (κ3) is 6.75. The first-order valence-corrected chi connectivity index (χ1v) is 18.3. The first-order valence-electron chi connectivity index (χ1n) is 16.4. The maximum Gasteiger partial charge on any atom is 0.416 e. The predicted molar refractivity (Wildman–Crippen MR) is 176 cm³/mol. The van der Waals surface area contributed by atoms with Gasteiger partial charge in [-0.2, -0.15) is 13.2 Å². The molecule has 1 unspecified atom stereocenters. The number of carbonyl (C=O) groups is 2. The number of piperidine rings is 2. The van der Waals surface area contributed by atoms with E-state index in [-0.39, 0.29) is 72.8 Å². The largest absolute Gasteiger partial charge is 0.416 e. The lowest BCUT2D eigenvalue weighted by Crippen LogP contribution is -2.71. The molecule has 0 bridgehead atoms. The molecule has 0 radical (unpaired) electrons. The number of benzene rings is 3. The second-order valence-electron chi connectivity index (χ2n) is 14.0. The Morgan fingerprint density at radius 3 is 2.10 bits per heavy atom. The Morgan fingerprint density at radius 1 is 0.917 bits per heavy atom. The lowest BCUT2D eigenvalue weighted by molar-refractivity contribution is -0.137. The second-order valence-corrected chi connectivity index (χ2v) is 18.3. The fraction of sp³-hybridized carbons (Fsp3) is 0.444. The molecule has 256 valence electrons. The van der Waals surface area contributed by atoms with Crippen LogP contribution in [0.1, 0.15) is 44.7 Å². The molecule has 3 saturated heterocycles. The van der Waals surface area contributed by atoms with E-state index in [1.165, 1.54) is 0 Å². The summed E-state index contributed by atoms with van der Waals surface area (Å²) in [6.45, 7) is 7.89. The number of nitrogens with one attached hydrogen (secondary N) is 1. The molecule has 3 aromatic carbocycles. The number of alkyl halides is 3. The number of nitrogens with zero attached hydrogens (tertiary/aromatic N) is 2. The van der Waals surface area contributed by atoms with Crippen LogP contribution in [0.5, 0.6) is 0 Å². The Labute approximate surface area is 279 Å². The van der Waals surface area contributed by atoms with Gasteiger partial charge in [0, 0.05) is 24.6 Å². The van der Waals surface area contributed by atoms with Crippen molar-refractivity contribution in [2.45, 2.75) is 69.7 Å². The van der Waals surface area contributed by atoms with Crippen LogP contribution in [0.15, 0.2) is 78.9 Å². The molecule has 3 aromatic rings. The molecule has 6 rings (SSSR count). The van der Waals surface area contributed by atoms with Crippen LogP contribution >= 0.6 is 0 Å². The topological polar surface area (TPSA) is 71.1 Å². The number of rotatable bonds is 7. The Morgan fingerprint density at radius 2 is 1.54 bits per heavy atom. The summed E-state index contributed by atoms with van der Waals surface area (Å²) in [4.78, 5) is 30.0. The van der Waals surface area contributed by atoms with E-state index >= 15 is 0 Å². The van der Waals surface area contributed by atoms with Crippen molar-refractivity contribution in [2.24, 2.45) is 5.92 Å². The van der Waals surface area contributed by atoms with E-state index in [4.69, 9.17) is 9.16 Å². The number of amides is 3. The number of urea groups is 1. The minimum Gasteiger partial charge on any atom is -0.404 e. The fourth-order valence-corrected chi connectivity index (χ4v) is 12.1. The zero-order chi connectivity index (χ0) is 34.3. The maximum absolute atomic E-state index is 14.2. The molecule has 7 nitrogen and oxygen atoms in total. The average molecular weight is 684 g/mol. The molecule has 12 heteroatoms. The van der Waals surface area contributed by atoms with Gasteiger partial charge >= 0.3 is 12.2 Å². The van der Waals surface area contributed by atoms with Crippen molar-refractivity contribution in [1.82, 2.24) is 15.1 Å². The molecule has 3 fully saturated rings. The molecule has 0 spiro atoms. The van der Waals surface area contributed by atoms with E-state index in [1.807, 2.05) is 36.4 Å². The van der Waals surface area contributed by atoms with Crippen LogP contribution in [-0.4, -0.2) is 74.5 Å². The number of carbonyl (C=O) groups excluding carboxylic acids is 2. The van der Waals surface area contributed by atoms with Gasteiger partial charge in [-0.05, 0) is 34.0 Å². The molecule has 3 amide bonds. The van der Waals surface area contributed by atoms with Gasteiger partial charge in [0.15, 0.2) is 0 Å². The maximum atomic E-state index is 14.2. The molecule has 48 heavy (non-hydrogen) atoms. The molecule has 0 aliphatic carbocycles. The fourth-order valence-electron chi connectivity index (χ4n) is 7.34. The van der Waals surface area contributed by atoms with E-state index in [9.17, 15) is 27.2 Å². The van der Waals surface area contributed by atoms with Crippen LogP contribution in [0.25, 0.3) is 0 Å². The summed E-state index contributed by atoms with van der Waals surface area (Å²) in [6.07, 6.45) is -4.38. The highest BCUT2D eigenvalue weighted by Gasteiger charge is 2.54. The summed E-state index contributed by atoms with van der Waals surface area (Å²) in [5.74, 6) is -1.05. The van der Waals surface area contributed by atoms with E-state index < -0.39 is 25.9 Å². The molecular formula is C36H41F4N3O4Si. The lowest BCUT2D eigenvalue weighted by atomic mass is 9.82. The quantitative estimate of drug-likeness (QED) is 0.271. The highest BCUT2D eigenvalue weighted by Crippen LogP contribution is 2.41. The third-order valence-electron chi connectivity index (χ3n) is 9.87. The number of hydrogen-bond acceptors (Lipinski definition) is 4. The van der Waals surface area contributed by atoms with Crippen molar-refractivity contribution in [2.75, 3.05) is 26.2 Å². The number of hydrogen-bond donors (Lipinski definition) is 1. The lowest BCUT2D eigenvalue weighted by Gasteiger charge is -2.51. The van der Waals surface area contributed by atoms with Crippen molar-refractivity contribution in [3.8, 4) is 0 Å². The minimum absolute atomic E-state index is 0.0257. The summed E-state index contributed by atoms with van der Waals surface area (Å²) < 4.78 is 65.9. The number of halogens is 4. The predicted octanol–water partition coefficient (Wildman–Crippen LogP) is 5.32. The average Bonchev–Trinajstić information content (AvgIpc) is 3.02. The van der Waals surface area contributed by atoms with Crippen molar-refractivity contribution < 1.29 is 36.3 Å². The zero-order valence-electron chi connectivity index (χ0n) is 27.3. The Bertz CT molecular complexity index is 1570. The van der Waals surface area contributed by atoms with Gasteiger partial charge in [0.05, 0.1) is 49.9 Å². The second kappa shape index (κ2) is 13.3. The molecule has 0 saturated carbocycles. The zero-order valence-corrected chi connectivity index (χ0v) is 28.3. The Hall–Kier alpha value is -3.74. The van der Waals surface area contributed by atoms with E-state index in [0.717, 1.165) is 22.5 Å². The van der Waals surface area contributed by atoms with Gasteiger partial charge in [0.1, 0.15) is 5.82 Å². The third-order valence-corrected chi connectivity index (χ3v) is 14.9. The number of ether oxygens (including phenoxy) is 1. The van der Waals surface area contributed by atoms with Crippen LogP contribution in [0.3, 0.4) is 0 Å². The standard InChI is InChI=1S/C36H41F4N3O4Si/c1-35(2,3)48(27-10-6-4-7-11-27,28-12-8-5-9-13-28)47-32-19-33(44)41-31-22-42(17-16-29(31)32)34(45)43-20-26(21-43)46-23-24-14-15-25(18-30(24)37)36(38,39)40/h4-15,18,26,29,31-32H,16-17,19-23H2,1-3H3,(H,41,44)/t29-,31+,32?/m0/s1. The summed E-state index contributed by atoms with van der Waals surface area (Å²) in [6, 6.07) is 22.6. The van der Waals surface area contributed by atoms with Crippen LogP contribution in [0.2, 0.25) is 5.04 Å². The molecular weight excluding hydrogens is 642 g/mol. The SMILES string of the molecule is CC(C)(C)[Si](OC1CC(=O)N[C@@H]2CN(C(=O)N3CC(OCc4ccc(C(F)(F)F)cc4F)C3)CC[C@H]12)(c1ccccc1)c1ccccc1. The van der Waals surface area contributed by atoms with Crippen LogP contribution < -0.4 is 15.7 Å². The van der Waals surface area contributed by atoms with Crippen molar-refractivity contribution in [1.29, 1.82) is 0 Å². The number of fused-ring (bicyclic) bond motifs is 1. The first kappa shape index (κ1) is 34.1. The molecule has 3 atom stereocenters. The van der Waals surface area contributed by atoms with Gasteiger partial charge in [-0.3, -0.25) is 4.79 Å². The minimum atomic E-state index is -4.62. The smallest absolute Gasteiger partial charge is 0.404 e. The van der Waals surface area contributed by atoms with Crippen LogP contribution in [0.4, 0.5) is 22.4 Å². The first-order chi connectivity index (χ1) is 22.8. The van der Waals surface area contributed by atoms with Crippen molar-refractivity contribution in [3.63, 3.8) is 0 Å². The van der Waals surface area contributed by atoms with E-state index in [0.29, 0.717) is 25.6 Å². The van der Waals surface area contributed by atoms with Gasteiger partial charge in [0.25, 0.3) is 8.32 Å². The molecule has 3 heterocycles. The van der Waals surface area contributed by atoms with Gasteiger partial charge in [-0.1, -0.05) is 87.5 Å². The van der Waals surface area contributed by atoms with Gasteiger partial charge < -0.3 is 24.3 Å². The Balaban J connectivity index is 1.10. The highest BCUT2D eigenvalue weighted by atomic mass is 28.4. The van der Waals surface area contributed by atoms with Gasteiger partial charge in [-0.15, -0.1) is 0 Å². The van der Waals surface area contributed by atoms with Crippen LogP contribution in [-0.2, 0) is 26.7 Å². The molecule has 3 aliphatic heterocycles. The van der Waals surface area contributed by atoms with Crippen molar-refractivity contribution >= 4 is 30.6 Å².